The lowest BCUT2D eigenvalue weighted by atomic mass is 9.94. The minimum absolute atomic E-state index is 0.0175. The zero-order chi connectivity index (χ0) is 14.7. The Morgan fingerprint density at radius 3 is 2.80 bits per heavy atom. The molecule has 1 aromatic carbocycles. The van der Waals surface area contributed by atoms with Gasteiger partial charge in [0, 0.05) is 12.6 Å². The Labute approximate surface area is 120 Å². The normalized spacial score (nSPS) is 24.2. The number of aryl methyl sites for hydroxylation is 1. The van der Waals surface area contributed by atoms with E-state index in [1.54, 1.807) is 13.0 Å². The summed E-state index contributed by atoms with van der Waals surface area (Å²) in [6.07, 6.45) is 1.93. The van der Waals surface area contributed by atoms with E-state index in [0.717, 1.165) is 24.9 Å². The maximum Gasteiger partial charge on any atom is 0.224 e. The van der Waals surface area contributed by atoms with Crippen molar-refractivity contribution >= 4 is 5.91 Å². The number of carbonyl (C=O) groups is 1. The third-order valence-corrected chi connectivity index (χ3v) is 4.09. The van der Waals surface area contributed by atoms with Crippen LogP contribution < -0.4 is 10.6 Å². The molecule has 1 aliphatic heterocycles. The van der Waals surface area contributed by atoms with Gasteiger partial charge in [0.2, 0.25) is 5.91 Å². The SMILES string of the molecule is Cc1ccc(C(C)NC(=O)C2CCC(C)NC2)cc1F. The molecule has 1 saturated heterocycles. The molecule has 0 spiro atoms. The second kappa shape index (κ2) is 6.35. The molecule has 2 rings (SSSR count). The lowest BCUT2D eigenvalue weighted by Crippen LogP contribution is -2.44. The summed E-state index contributed by atoms with van der Waals surface area (Å²) in [5.74, 6) is -0.154. The van der Waals surface area contributed by atoms with E-state index in [9.17, 15) is 9.18 Å². The molecule has 3 atom stereocenters. The summed E-state index contributed by atoms with van der Waals surface area (Å²) in [6.45, 7) is 6.48. The number of hydrogen-bond acceptors (Lipinski definition) is 2. The minimum atomic E-state index is -0.225. The number of hydrogen-bond donors (Lipinski definition) is 2. The second-order valence-corrected chi connectivity index (χ2v) is 5.82. The van der Waals surface area contributed by atoms with Crippen LogP contribution in [0.5, 0.6) is 0 Å². The Balaban J connectivity index is 1.95. The van der Waals surface area contributed by atoms with Gasteiger partial charge in [0.05, 0.1) is 12.0 Å². The van der Waals surface area contributed by atoms with Crippen molar-refractivity contribution in [1.29, 1.82) is 0 Å². The predicted octanol–water partition coefficient (Wildman–Crippen LogP) is 2.70. The number of nitrogens with one attached hydrogen (secondary N) is 2. The Hall–Kier alpha value is -1.42. The van der Waals surface area contributed by atoms with Gasteiger partial charge in [0.15, 0.2) is 0 Å². The van der Waals surface area contributed by atoms with Crippen molar-refractivity contribution in [2.45, 2.75) is 45.7 Å². The number of benzene rings is 1. The van der Waals surface area contributed by atoms with Gasteiger partial charge >= 0.3 is 0 Å². The average molecular weight is 278 g/mol. The topological polar surface area (TPSA) is 41.1 Å². The maximum atomic E-state index is 13.6. The number of halogens is 1. The van der Waals surface area contributed by atoms with E-state index < -0.39 is 0 Å². The molecule has 4 heteroatoms. The average Bonchev–Trinajstić information content (AvgIpc) is 2.42. The van der Waals surface area contributed by atoms with Crippen LogP contribution in [0.25, 0.3) is 0 Å². The highest BCUT2D eigenvalue weighted by Crippen LogP contribution is 2.19. The van der Waals surface area contributed by atoms with Crippen molar-refractivity contribution in [2.24, 2.45) is 5.92 Å². The van der Waals surface area contributed by atoms with Crippen molar-refractivity contribution in [3.8, 4) is 0 Å². The highest BCUT2D eigenvalue weighted by atomic mass is 19.1. The molecular formula is C16H23FN2O. The predicted molar refractivity (Wildman–Crippen MR) is 77.9 cm³/mol. The Bertz CT molecular complexity index is 481. The molecule has 1 aliphatic rings. The molecule has 0 bridgehead atoms. The molecule has 1 heterocycles. The third kappa shape index (κ3) is 3.57. The van der Waals surface area contributed by atoms with Gasteiger partial charge < -0.3 is 10.6 Å². The Morgan fingerprint density at radius 1 is 1.45 bits per heavy atom. The molecule has 1 fully saturated rings. The first-order valence-electron chi connectivity index (χ1n) is 7.27. The summed E-state index contributed by atoms with van der Waals surface area (Å²) in [4.78, 5) is 12.2. The van der Waals surface area contributed by atoms with Gasteiger partial charge in [-0.3, -0.25) is 4.79 Å². The van der Waals surface area contributed by atoms with Crippen LogP contribution in [0, 0.1) is 18.7 Å². The van der Waals surface area contributed by atoms with Gasteiger partial charge in [-0.25, -0.2) is 4.39 Å². The molecule has 20 heavy (non-hydrogen) atoms. The lowest BCUT2D eigenvalue weighted by Gasteiger charge is -2.28. The number of amides is 1. The molecule has 3 unspecified atom stereocenters. The molecule has 1 aromatic rings. The van der Waals surface area contributed by atoms with Crippen molar-refractivity contribution in [2.75, 3.05) is 6.54 Å². The highest BCUT2D eigenvalue weighted by Gasteiger charge is 2.25. The van der Waals surface area contributed by atoms with Gasteiger partial charge in [0.1, 0.15) is 5.82 Å². The van der Waals surface area contributed by atoms with Crippen LogP contribution in [0.3, 0.4) is 0 Å². The van der Waals surface area contributed by atoms with E-state index in [1.165, 1.54) is 6.07 Å². The summed E-state index contributed by atoms with van der Waals surface area (Å²) in [5, 5.41) is 6.30. The minimum Gasteiger partial charge on any atom is -0.349 e. The molecular weight excluding hydrogens is 255 g/mol. The fourth-order valence-electron chi connectivity index (χ4n) is 2.52. The monoisotopic (exact) mass is 278 g/mol. The smallest absolute Gasteiger partial charge is 0.224 e. The zero-order valence-electron chi connectivity index (χ0n) is 12.4. The highest BCUT2D eigenvalue weighted by molar-refractivity contribution is 5.79. The van der Waals surface area contributed by atoms with E-state index in [-0.39, 0.29) is 23.7 Å². The van der Waals surface area contributed by atoms with Gasteiger partial charge in [0.25, 0.3) is 0 Å². The molecule has 1 amide bonds. The molecule has 0 aromatic heterocycles. The van der Waals surface area contributed by atoms with Crippen LogP contribution in [0.4, 0.5) is 4.39 Å². The Kier molecular flexibility index (Phi) is 4.76. The van der Waals surface area contributed by atoms with Crippen LogP contribution in [-0.4, -0.2) is 18.5 Å². The van der Waals surface area contributed by atoms with E-state index in [0.29, 0.717) is 11.6 Å². The number of piperidine rings is 1. The quantitative estimate of drug-likeness (QED) is 0.892. The third-order valence-electron chi connectivity index (χ3n) is 4.09. The molecule has 0 aliphatic carbocycles. The van der Waals surface area contributed by atoms with Crippen LogP contribution in [0.15, 0.2) is 18.2 Å². The fraction of sp³-hybridized carbons (Fsp3) is 0.562. The summed E-state index contributed by atoms with van der Waals surface area (Å²) in [6, 6.07) is 5.43. The van der Waals surface area contributed by atoms with Gasteiger partial charge in [-0.1, -0.05) is 12.1 Å². The van der Waals surface area contributed by atoms with Crippen LogP contribution in [0.2, 0.25) is 0 Å². The van der Waals surface area contributed by atoms with E-state index in [1.807, 2.05) is 13.0 Å². The number of rotatable bonds is 3. The fourth-order valence-corrected chi connectivity index (χ4v) is 2.52. The second-order valence-electron chi connectivity index (χ2n) is 5.82. The summed E-state index contributed by atoms with van der Waals surface area (Å²) in [5.41, 5.74) is 1.43. The van der Waals surface area contributed by atoms with Crippen molar-refractivity contribution < 1.29 is 9.18 Å². The van der Waals surface area contributed by atoms with Crippen molar-refractivity contribution in [3.63, 3.8) is 0 Å². The van der Waals surface area contributed by atoms with Crippen LogP contribution in [0.1, 0.15) is 43.9 Å². The largest absolute Gasteiger partial charge is 0.349 e. The lowest BCUT2D eigenvalue weighted by molar-refractivity contribution is -0.126. The number of carbonyl (C=O) groups excluding carboxylic acids is 1. The molecule has 0 radical (unpaired) electrons. The molecule has 2 N–H and O–H groups in total. The van der Waals surface area contributed by atoms with Crippen molar-refractivity contribution in [1.82, 2.24) is 10.6 Å². The summed E-state index contributed by atoms with van der Waals surface area (Å²) >= 11 is 0. The standard InChI is InChI=1S/C16H23FN2O/c1-10-4-6-13(8-15(10)17)12(3)19-16(20)14-7-5-11(2)18-9-14/h4,6,8,11-12,14,18H,5,7,9H2,1-3H3,(H,19,20). The first kappa shape index (κ1) is 15.0. The van der Waals surface area contributed by atoms with E-state index >= 15 is 0 Å². The van der Waals surface area contributed by atoms with Crippen LogP contribution in [-0.2, 0) is 4.79 Å². The van der Waals surface area contributed by atoms with Gasteiger partial charge in [-0.15, -0.1) is 0 Å². The molecule has 110 valence electrons. The molecule has 3 nitrogen and oxygen atoms in total. The molecule has 0 saturated carbocycles. The summed E-state index contributed by atoms with van der Waals surface area (Å²) < 4.78 is 13.6. The van der Waals surface area contributed by atoms with Crippen molar-refractivity contribution in [3.05, 3.63) is 35.1 Å². The van der Waals surface area contributed by atoms with Gasteiger partial charge in [-0.2, -0.15) is 0 Å². The maximum absolute atomic E-state index is 13.6. The van der Waals surface area contributed by atoms with E-state index in [2.05, 4.69) is 17.6 Å². The zero-order valence-corrected chi connectivity index (χ0v) is 12.4. The first-order chi connectivity index (χ1) is 9.47. The Morgan fingerprint density at radius 2 is 2.20 bits per heavy atom. The van der Waals surface area contributed by atoms with Crippen LogP contribution >= 0.6 is 0 Å². The van der Waals surface area contributed by atoms with E-state index in [4.69, 9.17) is 0 Å². The first-order valence-corrected chi connectivity index (χ1v) is 7.27. The van der Waals surface area contributed by atoms with Gasteiger partial charge in [-0.05, 0) is 50.8 Å². The summed E-state index contributed by atoms with van der Waals surface area (Å²) in [7, 11) is 0.